The number of phenolic OH excluding ortho intramolecular Hbond substituents is 1. The van der Waals surface area contributed by atoms with Gasteiger partial charge in [-0.15, -0.1) is 0 Å². The van der Waals surface area contributed by atoms with Crippen LogP contribution in [0.2, 0.25) is 0 Å². The van der Waals surface area contributed by atoms with Crippen LogP contribution in [0.15, 0.2) is 30.4 Å². The molecule has 9 heteroatoms. The third kappa shape index (κ3) is 9.01. The second-order valence-corrected chi connectivity index (χ2v) is 11.2. The number of allylic oxidation sites excluding steroid dienone is 1. The van der Waals surface area contributed by atoms with E-state index in [2.05, 4.69) is 19.2 Å². The SMILES string of the molecule is CCCC(C)CC=CCO[As](=O)(OC(=O)CC(C)=O)c1ccc(O)c(NC(C)=O)c1. The summed E-state index contributed by atoms with van der Waals surface area (Å²) < 4.78 is 24.0. The van der Waals surface area contributed by atoms with Crippen molar-refractivity contribution in [2.45, 2.75) is 53.4 Å². The first-order valence-corrected chi connectivity index (χ1v) is 13.0. The average molecular weight is 483 g/mol. The van der Waals surface area contributed by atoms with Crippen molar-refractivity contribution in [3.05, 3.63) is 30.4 Å². The summed E-state index contributed by atoms with van der Waals surface area (Å²) in [5, 5.41) is 12.3. The summed E-state index contributed by atoms with van der Waals surface area (Å²) in [6.45, 7) is 6.66. The van der Waals surface area contributed by atoms with Crippen LogP contribution in [-0.2, 0) is 25.6 Å². The van der Waals surface area contributed by atoms with E-state index in [-0.39, 0.29) is 22.4 Å². The molecule has 8 nitrogen and oxygen atoms in total. The number of phenols is 1. The third-order valence-corrected chi connectivity index (χ3v) is 7.92. The van der Waals surface area contributed by atoms with Crippen LogP contribution in [0, 0.1) is 5.92 Å². The van der Waals surface area contributed by atoms with Crippen molar-refractivity contribution in [2.75, 3.05) is 11.9 Å². The van der Waals surface area contributed by atoms with E-state index in [4.69, 9.17) is 7.45 Å². The predicted molar refractivity (Wildman–Crippen MR) is 114 cm³/mol. The summed E-state index contributed by atoms with van der Waals surface area (Å²) in [5.41, 5.74) is 0.0109. The Morgan fingerprint density at radius 3 is 2.53 bits per heavy atom. The Morgan fingerprint density at radius 2 is 1.93 bits per heavy atom. The molecule has 0 aliphatic heterocycles. The number of carbonyl (C=O) groups is 3. The standard InChI is InChI=1S/C21H30AsNO7/c1-5-8-15(2)9-6-7-12-29-22(28,30-21(27)13-16(3)24)18-10-11-20(26)19(14-18)23-17(4)25/h6-7,10-11,14-15,26H,5,8-9,12-13H2,1-4H3,(H,23,25). The van der Waals surface area contributed by atoms with Crippen molar-refractivity contribution < 1.29 is 30.7 Å². The van der Waals surface area contributed by atoms with Crippen molar-refractivity contribution in [1.82, 2.24) is 0 Å². The number of Topliss-reactive ketones (excluding diaryl/α,β-unsaturated/α-hetero) is 1. The van der Waals surface area contributed by atoms with Gasteiger partial charge in [0.2, 0.25) is 0 Å². The Hall–Kier alpha value is -2.31. The minimum atomic E-state index is -4.94. The van der Waals surface area contributed by atoms with Crippen LogP contribution in [-0.4, -0.2) is 43.5 Å². The van der Waals surface area contributed by atoms with E-state index in [0.717, 1.165) is 19.3 Å². The first-order chi connectivity index (χ1) is 14.1. The van der Waals surface area contributed by atoms with Gasteiger partial charge in [0.25, 0.3) is 0 Å². The zero-order chi connectivity index (χ0) is 22.7. The number of nitrogens with one attached hydrogen (secondary N) is 1. The van der Waals surface area contributed by atoms with Crippen molar-refractivity contribution in [2.24, 2.45) is 5.92 Å². The van der Waals surface area contributed by atoms with Crippen LogP contribution in [0.1, 0.15) is 53.4 Å². The summed E-state index contributed by atoms with van der Waals surface area (Å²) in [5.74, 6) is -1.57. The number of carbonyl (C=O) groups excluding carboxylic acids is 3. The monoisotopic (exact) mass is 483 g/mol. The number of amides is 1. The molecule has 0 aliphatic rings. The normalized spacial score (nSPS) is 14.1. The number of aromatic hydroxyl groups is 1. The minimum absolute atomic E-state index is 0.0109. The van der Waals surface area contributed by atoms with Crippen LogP contribution in [0.3, 0.4) is 0 Å². The predicted octanol–water partition coefficient (Wildman–Crippen LogP) is 2.85. The average Bonchev–Trinajstić information content (AvgIpc) is 2.62. The van der Waals surface area contributed by atoms with E-state index in [0.29, 0.717) is 5.92 Å². The molecule has 1 aromatic carbocycles. The van der Waals surface area contributed by atoms with Gasteiger partial charge in [-0.3, -0.25) is 0 Å². The van der Waals surface area contributed by atoms with E-state index >= 15 is 0 Å². The van der Waals surface area contributed by atoms with Crippen molar-refractivity contribution in [3.8, 4) is 5.75 Å². The van der Waals surface area contributed by atoms with Crippen LogP contribution in [0.5, 0.6) is 5.75 Å². The molecule has 1 amide bonds. The molecule has 30 heavy (non-hydrogen) atoms. The van der Waals surface area contributed by atoms with Gasteiger partial charge in [-0.05, 0) is 0 Å². The summed E-state index contributed by atoms with van der Waals surface area (Å²) in [6, 6.07) is 3.76. The topological polar surface area (TPSA) is 119 Å². The molecule has 0 aliphatic carbocycles. The molecule has 0 saturated heterocycles. The maximum absolute atomic E-state index is 13.4. The molecule has 0 aromatic heterocycles. The van der Waals surface area contributed by atoms with Gasteiger partial charge in [-0.2, -0.15) is 0 Å². The van der Waals surface area contributed by atoms with Crippen LogP contribution < -0.4 is 9.67 Å². The summed E-state index contributed by atoms with van der Waals surface area (Å²) >= 11 is -4.94. The van der Waals surface area contributed by atoms with E-state index < -0.39 is 38.3 Å². The van der Waals surface area contributed by atoms with Crippen molar-refractivity contribution in [1.29, 1.82) is 0 Å². The van der Waals surface area contributed by atoms with Crippen LogP contribution in [0.25, 0.3) is 0 Å². The molecule has 0 bridgehead atoms. The number of ketones is 1. The quantitative estimate of drug-likeness (QED) is 0.203. The first-order valence-electron chi connectivity index (χ1n) is 9.80. The molecular formula is C21H30AsNO7. The van der Waals surface area contributed by atoms with E-state index in [1.54, 1.807) is 6.08 Å². The molecule has 2 N–H and O–H groups in total. The molecule has 1 rings (SSSR count). The molecule has 0 heterocycles. The number of anilines is 1. The van der Waals surface area contributed by atoms with Gasteiger partial charge in [-0.1, -0.05) is 0 Å². The summed E-state index contributed by atoms with van der Waals surface area (Å²) in [7, 11) is 0. The number of hydrogen-bond acceptors (Lipinski definition) is 7. The number of hydrogen-bond donors (Lipinski definition) is 2. The van der Waals surface area contributed by atoms with E-state index in [1.165, 1.54) is 32.0 Å². The zero-order valence-corrected chi connectivity index (χ0v) is 19.7. The van der Waals surface area contributed by atoms with Crippen molar-refractivity contribution >= 4 is 41.9 Å². The Bertz CT molecular complexity index is 835. The Labute approximate surface area is 180 Å². The van der Waals surface area contributed by atoms with Crippen molar-refractivity contribution in [3.63, 3.8) is 0 Å². The van der Waals surface area contributed by atoms with E-state index in [1.807, 2.05) is 6.08 Å². The fourth-order valence-electron chi connectivity index (χ4n) is 2.66. The molecule has 0 fully saturated rings. The Kier molecular flexibility index (Phi) is 10.6. The van der Waals surface area contributed by atoms with Crippen LogP contribution in [0.4, 0.5) is 5.69 Å². The van der Waals surface area contributed by atoms with Gasteiger partial charge in [0, 0.05) is 0 Å². The molecule has 166 valence electrons. The van der Waals surface area contributed by atoms with Gasteiger partial charge >= 0.3 is 180 Å². The Morgan fingerprint density at radius 1 is 1.23 bits per heavy atom. The molecule has 0 spiro atoms. The van der Waals surface area contributed by atoms with Gasteiger partial charge in [0.15, 0.2) is 0 Å². The fourth-order valence-corrected chi connectivity index (χ4v) is 5.73. The molecule has 1 aromatic rings. The molecule has 0 radical (unpaired) electrons. The summed E-state index contributed by atoms with van der Waals surface area (Å²) in [6.07, 6.45) is 6.11. The first kappa shape index (κ1) is 25.7. The van der Waals surface area contributed by atoms with Gasteiger partial charge in [0.05, 0.1) is 0 Å². The Balaban J connectivity index is 3.05. The molecule has 0 saturated carbocycles. The molecule has 2 unspecified atom stereocenters. The third-order valence-electron chi connectivity index (χ3n) is 4.05. The molecular weight excluding hydrogens is 453 g/mol. The van der Waals surface area contributed by atoms with E-state index in [9.17, 15) is 23.2 Å². The van der Waals surface area contributed by atoms with Gasteiger partial charge in [-0.25, -0.2) is 0 Å². The van der Waals surface area contributed by atoms with Gasteiger partial charge < -0.3 is 0 Å². The summed E-state index contributed by atoms with van der Waals surface area (Å²) in [4.78, 5) is 34.5. The second-order valence-electron chi connectivity index (χ2n) is 7.12. The maximum atomic E-state index is 13.4. The van der Waals surface area contributed by atoms with Crippen LogP contribution >= 0.6 is 0 Å². The van der Waals surface area contributed by atoms with Gasteiger partial charge in [0.1, 0.15) is 0 Å². The fraction of sp³-hybridized carbons (Fsp3) is 0.476. The number of rotatable bonds is 12. The number of benzene rings is 1. The zero-order valence-electron chi connectivity index (χ0n) is 17.8. The molecule has 2 atom stereocenters. The second kappa shape index (κ2) is 12.4.